The van der Waals surface area contributed by atoms with Gasteiger partial charge in [0.25, 0.3) is 11.6 Å². The first kappa shape index (κ1) is 18.8. The van der Waals surface area contributed by atoms with Crippen LogP contribution in [0.3, 0.4) is 0 Å². The van der Waals surface area contributed by atoms with Crippen LogP contribution in [0.15, 0.2) is 48.8 Å². The Kier molecular flexibility index (Phi) is 5.50. The predicted octanol–water partition coefficient (Wildman–Crippen LogP) is 2.66. The van der Waals surface area contributed by atoms with Crippen molar-refractivity contribution in [1.29, 1.82) is 5.26 Å². The third kappa shape index (κ3) is 4.24. The van der Waals surface area contributed by atoms with E-state index >= 15 is 0 Å². The maximum atomic E-state index is 11.9. The number of fused-ring (bicyclic) bond motifs is 1. The lowest BCUT2D eigenvalue weighted by Gasteiger charge is -2.15. The number of carbonyl (C=O) groups is 1. The summed E-state index contributed by atoms with van der Waals surface area (Å²) >= 11 is 0. The fourth-order valence-electron chi connectivity index (χ4n) is 2.55. The molecule has 2 heterocycles. The van der Waals surface area contributed by atoms with Gasteiger partial charge in [0.2, 0.25) is 0 Å². The molecule has 0 aliphatic rings. The zero-order valence-corrected chi connectivity index (χ0v) is 15.1. The van der Waals surface area contributed by atoms with Gasteiger partial charge in [0.15, 0.2) is 6.61 Å². The SMILES string of the molecule is CN(CCC#N)C(=O)COc1ccc(-c2cn3cc([N+](=O)[O-])ccc3n2)cc1. The molecule has 0 saturated carbocycles. The van der Waals surface area contributed by atoms with Gasteiger partial charge in [-0.1, -0.05) is 0 Å². The summed E-state index contributed by atoms with van der Waals surface area (Å²) in [5.74, 6) is 0.325. The Morgan fingerprint density at radius 1 is 1.29 bits per heavy atom. The number of amides is 1. The Labute approximate surface area is 160 Å². The number of hydrogen-bond acceptors (Lipinski definition) is 6. The molecule has 2 aromatic heterocycles. The number of imidazole rings is 1. The first-order valence-electron chi connectivity index (χ1n) is 8.45. The third-order valence-corrected chi connectivity index (χ3v) is 4.14. The lowest BCUT2D eigenvalue weighted by molar-refractivity contribution is -0.385. The third-order valence-electron chi connectivity index (χ3n) is 4.14. The summed E-state index contributed by atoms with van der Waals surface area (Å²) in [5.41, 5.74) is 2.08. The van der Waals surface area contributed by atoms with E-state index in [0.717, 1.165) is 5.56 Å². The molecule has 1 aromatic carbocycles. The van der Waals surface area contributed by atoms with Gasteiger partial charge >= 0.3 is 0 Å². The van der Waals surface area contributed by atoms with E-state index in [9.17, 15) is 14.9 Å². The number of ether oxygens (including phenoxy) is 1. The van der Waals surface area contributed by atoms with Gasteiger partial charge in [-0.2, -0.15) is 5.26 Å². The van der Waals surface area contributed by atoms with Crippen LogP contribution in [0.2, 0.25) is 0 Å². The number of rotatable bonds is 7. The van der Waals surface area contributed by atoms with Crippen LogP contribution in [0.25, 0.3) is 16.9 Å². The average Bonchev–Trinajstić information content (AvgIpc) is 3.13. The summed E-state index contributed by atoms with van der Waals surface area (Å²) in [6.45, 7) is 0.253. The average molecular weight is 379 g/mol. The van der Waals surface area contributed by atoms with Gasteiger partial charge in [-0.25, -0.2) is 4.98 Å². The van der Waals surface area contributed by atoms with E-state index in [1.807, 2.05) is 6.07 Å². The molecule has 0 aliphatic heterocycles. The van der Waals surface area contributed by atoms with Crippen molar-refractivity contribution in [3.63, 3.8) is 0 Å². The second-order valence-corrected chi connectivity index (χ2v) is 6.07. The van der Waals surface area contributed by atoms with Crippen molar-refractivity contribution < 1.29 is 14.5 Å². The van der Waals surface area contributed by atoms with Crippen LogP contribution in [0.5, 0.6) is 5.75 Å². The van der Waals surface area contributed by atoms with Crippen molar-refractivity contribution in [2.45, 2.75) is 6.42 Å². The normalized spacial score (nSPS) is 10.4. The maximum absolute atomic E-state index is 11.9. The Bertz CT molecular complexity index is 1050. The van der Waals surface area contributed by atoms with Crippen LogP contribution in [-0.4, -0.2) is 45.3 Å². The number of nitro groups is 1. The van der Waals surface area contributed by atoms with Crippen molar-refractivity contribution in [3.8, 4) is 23.1 Å². The van der Waals surface area contributed by atoms with Crippen LogP contribution >= 0.6 is 0 Å². The number of nitrogens with zero attached hydrogens (tertiary/aromatic N) is 5. The van der Waals surface area contributed by atoms with Crippen LogP contribution in [0.1, 0.15) is 6.42 Å². The molecule has 3 rings (SSSR count). The van der Waals surface area contributed by atoms with Crippen LogP contribution in [0.4, 0.5) is 5.69 Å². The van der Waals surface area contributed by atoms with E-state index < -0.39 is 4.92 Å². The van der Waals surface area contributed by atoms with Crippen LogP contribution < -0.4 is 4.74 Å². The molecule has 0 atom stereocenters. The highest BCUT2D eigenvalue weighted by molar-refractivity contribution is 5.77. The lowest BCUT2D eigenvalue weighted by Crippen LogP contribution is -2.32. The van der Waals surface area contributed by atoms with Crippen molar-refractivity contribution >= 4 is 17.2 Å². The topological polar surface area (TPSA) is 114 Å². The molecular formula is C19H17N5O4. The molecule has 0 N–H and O–H groups in total. The first-order valence-corrected chi connectivity index (χ1v) is 8.45. The van der Waals surface area contributed by atoms with E-state index in [4.69, 9.17) is 10.00 Å². The van der Waals surface area contributed by atoms with Gasteiger partial charge in [-0.15, -0.1) is 0 Å². The smallest absolute Gasteiger partial charge is 0.286 e. The highest BCUT2D eigenvalue weighted by atomic mass is 16.6. The number of carbonyl (C=O) groups excluding carboxylic acids is 1. The summed E-state index contributed by atoms with van der Waals surface area (Å²) in [6.07, 6.45) is 3.41. The number of aromatic nitrogens is 2. The van der Waals surface area contributed by atoms with E-state index in [2.05, 4.69) is 4.98 Å². The Balaban J connectivity index is 1.67. The molecule has 0 unspecified atom stereocenters. The van der Waals surface area contributed by atoms with Gasteiger partial charge in [0, 0.05) is 31.4 Å². The van der Waals surface area contributed by atoms with Crippen molar-refractivity contribution in [3.05, 3.63) is 58.9 Å². The molecule has 142 valence electrons. The minimum absolute atomic E-state index is 0.00963. The number of benzene rings is 1. The Hall–Kier alpha value is -3.93. The molecule has 0 bridgehead atoms. The van der Waals surface area contributed by atoms with E-state index in [-0.39, 0.29) is 24.6 Å². The molecule has 0 spiro atoms. The Morgan fingerprint density at radius 3 is 2.71 bits per heavy atom. The highest BCUT2D eigenvalue weighted by Gasteiger charge is 2.11. The second-order valence-electron chi connectivity index (χ2n) is 6.07. The molecule has 9 nitrogen and oxygen atoms in total. The molecular weight excluding hydrogens is 362 g/mol. The minimum Gasteiger partial charge on any atom is -0.484 e. The highest BCUT2D eigenvalue weighted by Crippen LogP contribution is 2.23. The largest absolute Gasteiger partial charge is 0.484 e. The first-order chi connectivity index (χ1) is 13.5. The molecule has 3 aromatic rings. The molecule has 0 radical (unpaired) electrons. The number of likely N-dealkylation sites (N-methyl/N-ethyl adjacent to an activating group) is 1. The lowest BCUT2D eigenvalue weighted by atomic mass is 10.2. The minimum atomic E-state index is -0.454. The second kappa shape index (κ2) is 8.18. The van der Waals surface area contributed by atoms with Gasteiger partial charge in [-0.3, -0.25) is 19.3 Å². The quantitative estimate of drug-likeness (QED) is 0.460. The van der Waals surface area contributed by atoms with Gasteiger partial charge in [-0.05, 0) is 30.3 Å². The predicted molar refractivity (Wildman–Crippen MR) is 101 cm³/mol. The fraction of sp³-hybridized carbons (Fsp3) is 0.211. The van der Waals surface area contributed by atoms with Crippen LogP contribution in [-0.2, 0) is 4.79 Å². The molecule has 0 saturated heterocycles. The zero-order valence-electron chi connectivity index (χ0n) is 15.1. The van der Waals surface area contributed by atoms with Crippen LogP contribution in [0, 0.1) is 21.4 Å². The van der Waals surface area contributed by atoms with Gasteiger partial charge in [0.05, 0.1) is 29.3 Å². The summed E-state index contributed by atoms with van der Waals surface area (Å²) in [4.78, 5) is 28.2. The van der Waals surface area contributed by atoms with Crippen molar-refractivity contribution in [1.82, 2.24) is 14.3 Å². The van der Waals surface area contributed by atoms with E-state index in [0.29, 0.717) is 23.6 Å². The molecule has 9 heteroatoms. The molecule has 0 aliphatic carbocycles. The molecule has 28 heavy (non-hydrogen) atoms. The standard InChI is InChI=1S/C19H17N5O4/c1-22(10-2-9-20)19(25)13-28-16-6-3-14(4-7-16)17-12-23-11-15(24(26)27)5-8-18(23)21-17/h3-8,11-12H,2,10,13H2,1H3. The zero-order chi connectivity index (χ0) is 20.1. The summed E-state index contributed by atoms with van der Waals surface area (Å²) in [5, 5.41) is 19.4. The summed E-state index contributed by atoms with van der Waals surface area (Å²) in [6, 6.07) is 12.0. The number of hydrogen-bond donors (Lipinski definition) is 0. The van der Waals surface area contributed by atoms with E-state index in [1.54, 1.807) is 48.0 Å². The molecule has 0 fully saturated rings. The number of nitriles is 1. The fourth-order valence-corrected chi connectivity index (χ4v) is 2.55. The van der Waals surface area contributed by atoms with Gasteiger partial charge in [0.1, 0.15) is 11.4 Å². The summed E-state index contributed by atoms with van der Waals surface area (Å²) in [7, 11) is 1.62. The van der Waals surface area contributed by atoms with Gasteiger partial charge < -0.3 is 9.64 Å². The maximum Gasteiger partial charge on any atom is 0.286 e. The van der Waals surface area contributed by atoms with E-state index in [1.165, 1.54) is 17.2 Å². The van der Waals surface area contributed by atoms with Crippen molar-refractivity contribution in [2.24, 2.45) is 0 Å². The Morgan fingerprint density at radius 2 is 2.04 bits per heavy atom. The number of pyridine rings is 1. The monoisotopic (exact) mass is 379 g/mol. The summed E-state index contributed by atoms with van der Waals surface area (Å²) < 4.78 is 7.09. The van der Waals surface area contributed by atoms with Crippen molar-refractivity contribution in [2.75, 3.05) is 20.2 Å². The molecule has 1 amide bonds.